The van der Waals surface area contributed by atoms with E-state index in [0.29, 0.717) is 12.0 Å². The number of benzene rings is 1. The molecule has 19 heavy (non-hydrogen) atoms. The molecule has 5 heteroatoms. The van der Waals surface area contributed by atoms with E-state index in [-0.39, 0.29) is 23.0 Å². The topological polar surface area (TPSA) is 87.0 Å². The standard InChI is InChI=1S/C14H12O5/c1-6-2-7-3-8-12(14(18)9(7)5-19-6)10(15)4-11(16)13(8)17/h3-6,15-17H,2H2,1H3. The van der Waals surface area contributed by atoms with Crippen molar-refractivity contribution in [2.45, 2.75) is 19.4 Å². The van der Waals surface area contributed by atoms with E-state index in [4.69, 9.17) is 4.74 Å². The molecular weight excluding hydrogens is 248 g/mol. The van der Waals surface area contributed by atoms with Gasteiger partial charge in [0.2, 0.25) is 5.78 Å². The number of aromatic hydroxyl groups is 3. The molecule has 1 aliphatic carbocycles. The molecular formula is C14H12O5. The predicted octanol–water partition coefficient (Wildman–Crippen LogP) is 2.08. The molecule has 0 spiro atoms. The van der Waals surface area contributed by atoms with Crippen molar-refractivity contribution in [1.29, 1.82) is 0 Å². The van der Waals surface area contributed by atoms with E-state index >= 15 is 0 Å². The van der Waals surface area contributed by atoms with E-state index in [0.717, 1.165) is 11.6 Å². The Morgan fingerprint density at radius 3 is 2.74 bits per heavy atom. The lowest BCUT2D eigenvalue weighted by molar-refractivity contribution is 0.0998. The lowest BCUT2D eigenvalue weighted by Crippen LogP contribution is -2.21. The van der Waals surface area contributed by atoms with Crippen LogP contribution in [0.15, 0.2) is 23.5 Å². The molecule has 0 saturated carbocycles. The number of carbonyl (C=O) groups excluding carboxylic acids is 1. The molecule has 3 rings (SSSR count). The average molecular weight is 260 g/mol. The largest absolute Gasteiger partial charge is 0.507 e. The molecule has 5 nitrogen and oxygen atoms in total. The second kappa shape index (κ2) is 3.78. The van der Waals surface area contributed by atoms with Gasteiger partial charge in [0.05, 0.1) is 23.5 Å². The molecule has 0 amide bonds. The van der Waals surface area contributed by atoms with Crippen LogP contribution in [-0.4, -0.2) is 27.2 Å². The van der Waals surface area contributed by atoms with Crippen molar-refractivity contribution in [3.8, 4) is 17.2 Å². The van der Waals surface area contributed by atoms with Crippen molar-refractivity contribution in [2.75, 3.05) is 0 Å². The van der Waals surface area contributed by atoms with Crippen LogP contribution in [0.25, 0.3) is 6.08 Å². The van der Waals surface area contributed by atoms with Gasteiger partial charge < -0.3 is 20.1 Å². The van der Waals surface area contributed by atoms with Gasteiger partial charge in [-0.3, -0.25) is 4.79 Å². The van der Waals surface area contributed by atoms with Crippen molar-refractivity contribution in [2.24, 2.45) is 0 Å². The summed E-state index contributed by atoms with van der Waals surface area (Å²) in [6.07, 6.45) is 3.47. The van der Waals surface area contributed by atoms with Crippen LogP contribution in [0.5, 0.6) is 17.2 Å². The Kier molecular flexibility index (Phi) is 2.32. The summed E-state index contributed by atoms with van der Waals surface area (Å²) in [6.45, 7) is 1.87. The highest BCUT2D eigenvalue weighted by molar-refractivity contribution is 6.18. The van der Waals surface area contributed by atoms with E-state index in [2.05, 4.69) is 0 Å². The van der Waals surface area contributed by atoms with Crippen molar-refractivity contribution in [3.05, 3.63) is 34.6 Å². The fourth-order valence-corrected chi connectivity index (χ4v) is 2.42. The average Bonchev–Trinajstić information content (AvgIpc) is 2.35. The minimum atomic E-state index is -0.451. The number of ketones is 1. The highest BCUT2D eigenvalue weighted by Gasteiger charge is 2.32. The Balaban J connectivity index is 2.29. The van der Waals surface area contributed by atoms with Crippen molar-refractivity contribution in [1.82, 2.24) is 0 Å². The summed E-state index contributed by atoms with van der Waals surface area (Å²) in [5.41, 5.74) is 1.26. The van der Waals surface area contributed by atoms with E-state index in [1.165, 1.54) is 6.26 Å². The van der Waals surface area contributed by atoms with Crippen molar-refractivity contribution < 1.29 is 24.9 Å². The molecule has 1 atom stereocenters. The summed E-state index contributed by atoms with van der Waals surface area (Å²) in [5, 5.41) is 29.1. The monoisotopic (exact) mass is 260 g/mol. The number of hydrogen-bond donors (Lipinski definition) is 3. The SMILES string of the molecule is CC1CC2=Cc3c(O)c(O)cc(O)c3C(=O)C2=CO1. The Bertz CT molecular complexity index is 654. The molecule has 1 aromatic carbocycles. The number of allylic oxidation sites excluding steroid dienone is 1. The smallest absolute Gasteiger partial charge is 0.200 e. The van der Waals surface area contributed by atoms with Gasteiger partial charge in [-0.15, -0.1) is 0 Å². The minimum absolute atomic E-state index is 0.0107. The van der Waals surface area contributed by atoms with Gasteiger partial charge in [-0.1, -0.05) is 0 Å². The zero-order valence-electron chi connectivity index (χ0n) is 10.2. The van der Waals surface area contributed by atoms with E-state index in [1.807, 2.05) is 6.92 Å². The van der Waals surface area contributed by atoms with Gasteiger partial charge in [-0.2, -0.15) is 0 Å². The highest BCUT2D eigenvalue weighted by Crippen LogP contribution is 2.44. The molecule has 0 bridgehead atoms. The molecule has 1 aliphatic heterocycles. The molecule has 1 heterocycles. The van der Waals surface area contributed by atoms with Crippen LogP contribution in [0.4, 0.5) is 0 Å². The van der Waals surface area contributed by atoms with Gasteiger partial charge in [0.15, 0.2) is 11.5 Å². The Labute approximate surface area is 109 Å². The van der Waals surface area contributed by atoms with Gasteiger partial charge in [-0.25, -0.2) is 0 Å². The number of Topliss-reactive ketones (excluding diaryl/α,β-unsaturated/α-hetero) is 1. The summed E-state index contributed by atoms with van der Waals surface area (Å²) in [4.78, 5) is 12.3. The summed E-state index contributed by atoms with van der Waals surface area (Å²) in [5.74, 6) is -1.61. The highest BCUT2D eigenvalue weighted by atomic mass is 16.5. The van der Waals surface area contributed by atoms with Gasteiger partial charge in [0, 0.05) is 18.1 Å². The first kappa shape index (κ1) is 11.6. The van der Waals surface area contributed by atoms with Crippen LogP contribution in [-0.2, 0) is 4.74 Å². The molecule has 1 aromatic rings. The second-order valence-corrected chi connectivity index (χ2v) is 4.73. The zero-order valence-corrected chi connectivity index (χ0v) is 10.2. The number of phenols is 3. The number of carbonyl (C=O) groups is 1. The first-order valence-corrected chi connectivity index (χ1v) is 5.88. The fraction of sp³-hybridized carbons (Fsp3) is 0.214. The van der Waals surface area contributed by atoms with Crippen molar-refractivity contribution >= 4 is 11.9 Å². The minimum Gasteiger partial charge on any atom is -0.507 e. The Morgan fingerprint density at radius 2 is 2.00 bits per heavy atom. The molecule has 98 valence electrons. The first-order valence-electron chi connectivity index (χ1n) is 5.88. The second-order valence-electron chi connectivity index (χ2n) is 4.73. The normalized spacial score (nSPS) is 20.9. The van der Waals surface area contributed by atoms with Gasteiger partial charge in [-0.05, 0) is 18.6 Å². The Morgan fingerprint density at radius 1 is 1.26 bits per heavy atom. The maximum atomic E-state index is 12.3. The maximum absolute atomic E-state index is 12.3. The van der Waals surface area contributed by atoms with E-state index in [1.54, 1.807) is 6.08 Å². The third kappa shape index (κ3) is 1.58. The molecule has 0 fully saturated rings. The van der Waals surface area contributed by atoms with E-state index < -0.39 is 17.3 Å². The molecule has 3 N–H and O–H groups in total. The molecule has 0 saturated heterocycles. The number of rotatable bonds is 0. The van der Waals surface area contributed by atoms with Gasteiger partial charge in [0.25, 0.3) is 0 Å². The first-order chi connectivity index (χ1) is 8.99. The summed E-state index contributed by atoms with van der Waals surface area (Å²) >= 11 is 0. The summed E-state index contributed by atoms with van der Waals surface area (Å²) < 4.78 is 5.31. The zero-order chi connectivity index (χ0) is 13.7. The Hall–Kier alpha value is -2.43. The fourth-order valence-electron chi connectivity index (χ4n) is 2.42. The van der Waals surface area contributed by atoms with Crippen LogP contribution < -0.4 is 0 Å². The molecule has 1 unspecified atom stereocenters. The van der Waals surface area contributed by atoms with Gasteiger partial charge >= 0.3 is 0 Å². The quantitative estimate of drug-likeness (QED) is 0.491. The van der Waals surface area contributed by atoms with Crippen LogP contribution in [0.2, 0.25) is 0 Å². The predicted molar refractivity (Wildman–Crippen MR) is 67.0 cm³/mol. The maximum Gasteiger partial charge on any atom is 0.200 e. The van der Waals surface area contributed by atoms with Crippen LogP contribution in [0.1, 0.15) is 29.3 Å². The van der Waals surface area contributed by atoms with Crippen molar-refractivity contribution in [3.63, 3.8) is 0 Å². The number of fused-ring (bicyclic) bond motifs is 2. The third-order valence-electron chi connectivity index (χ3n) is 3.36. The lowest BCUT2D eigenvalue weighted by Gasteiger charge is -2.26. The number of hydrogen-bond acceptors (Lipinski definition) is 5. The summed E-state index contributed by atoms with van der Waals surface area (Å²) in [6, 6.07) is 0.956. The van der Waals surface area contributed by atoms with Crippen LogP contribution >= 0.6 is 0 Å². The van der Waals surface area contributed by atoms with Gasteiger partial charge in [0.1, 0.15) is 5.75 Å². The lowest BCUT2D eigenvalue weighted by atomic mass is 9.83. The van der Waals surface area contributed by atoms with Crippen LogP contribution in [0.3, 0.4) is 0 Å². The molecule has 0 aromatic heterocycles. The van der Waals surface area contributed by atoms with E-state index in [9.17, 15) is 20.1 Å². The summed E-state index contributed by atoms with van der Waals surface area (Å²) in [7, 11) is 0. The third-order valence-corrected chi connectivity index (χ3v) is 3.36. The molecule has 2 aliphatic rings. The number of phenolic OH excluding ortho intramolecular Hbond substituents is 3. The van der Waals surface area contributed by atoms with Crippen LogP contribution in [0, 0.1) is 0 Å². The molecule has 0 radical (unpaired) electrons. The number of ether oxygens (including phenoxy) is 1.